The minimum Gasteiger partial charge on any atom is -0.496 e. The van der Waals surface area contributed by atoms with Gasteiger partial charge in [-0.1, -0.05) is 37.6 Å². The Bertz CT molecular complexity index is 1490. The van der Waals surface area contributed by atoms with Gasteiger partial charge in [0.05, 0.1) is 40.8 Å². The molecule has 0 N–H and O–H groups in total. The second-order valence-electron chi connectivity index (χ2n) is 8.40. The maximum atomic E-state index is 13.6. The molecule has 0 aliphatic carbocycles. The lowest BCUT2D eigenvalue weighted by Gasteiger charge is -2.17. The molecule has 1 heterocycles. The summed E-state index contributed by atoms with van der Waals surface area (Å²) in [5.74, 6) is 2.00. The number of nitrogens with zero attached hydrogens (tertiary/aromatic N) is 3. The van der Waals surface area contributed by atoms with E-state index in [-0.39, 0.29) is 11.5 Å². The van der Waals surface area contributed by atoms with Crippen LogP contribution in [-0.2, 0) is 0 Å². The van der Waals surface area contributed by atoms with Gasteiger partial charge in [0.25, 0.3) is 5.56 Å². The van der Waals surface area contributed by atoms with Gasteiger partial charge in [-0.05, 0) is 81.9 Å². The molecule has 0 saturated carbocycles. The second-order valence-corrected chi connectivity index (χ2v) is 9.66. The van der Waals surface area contributed by atoms with Crippen LogP contribution < -0.4 is 15.0 Å². The van der Waals surface area contributed by atoms with E-state index >= 15 is 0 Å². The van der Waals surface area contributed by atoms with E-state index in [2.05, 4.69) is 34.9 Å². The van der Waals surface area contributed by atoms with E-state index < -0.39 is 0 Å². The number of fused-ring (bicyclic) bond motifs is 1. The van der Waals surface area contributed by atoms with Gasteiger partial charge < -0.3 is 9.47 Å². The quantitative estimate of drug-likeness (QED) is 0.246. The van der Waals surface area contributed by atoms with E-state index in [9.17, 15) is 4.79 Å². The molecule has 0 aliphatic heterocycles. The van der Waals surface area contributed by atoms with Crippen molar-refractivity contribution in [2.45, 2.75) is 26.7 Å². The minimum absolute atomic E-state index is 0.215. The number of hydrogen-bond acceptors (Lipinski definition) is 5. The second kappa shape index (κ2) is 10.2. The molecule has 0 radical (unpaired) electrons. The molecule has 0 bridgehead atoms. The monoisotopic (exact) mass is 553 g/mol. The van der Waals surface area contributed by atoms with Gasteiger partial charge in [0, 0.05) is 5.56 Å². The summed E-state index contributed by atoms with van der Waals surface area (Å²) in [5, 5.41) is 5.48. The van der Waals surface area contributed by atoms with Crippen LogP contribution in [0.3, 0.4) is 0 Å². The van der Waals surface area contributed by atoms with Crippen LogP contribution in [0, 0.1) is 6.92 Å². The lowest BCUT2D eigenvalue weighted by Crippen LogP contribution is -2.20. The Hall–Kier alpha value is -3.16. The van der Waals surface area contributed by atoms with Gasteiger partial charge in [0.15, 0.2) is 11.6 Å². The summed E-state index contributed by atoms with van der Waals surface area (Å²) >= 11 is 9.80. The zero-order valence-corrected chi connectivity index (χ0v) is 22.4. The molecule has 0 unspecified atom stereocenters. The van der Waals surface area contributed by atoms with Crippen molar-refractivity contribution in [1.29, 1.82) is 0 Å². The van der Waals surface area contributed by atoms with Crippen LogP contribution in [0.5, 0.6) is 11.5 Å². The van der Waals surface area contributed by atoms with E-state index in [4.69, 9.17) is 26.1 Å². The highest BCUT2D eigenvalue weighted by atomic mass is 79.9. The van der Waals surface area contributed by atoms with Crippen LogP contribution in [0.1, 0.15) is 36.5 Å². The molecule has 0 amide bonds. The smallest absolute Gasteiger partial charge is 0.282 e. The Balaban J connectivity index is 1.97. The van der Waals surface area contributed by atoms with Crippen molar-refractivity contribution in [1.82, 2.24) is 9.66 Å². The fourth-order valence-electron chi connectivity index (χ4n) is 3.95. The number of para-hydroxylation sites is 1. The first-order valence-corrected chi connectivity index (χ1v) is 12.2. The minimum atomic E-state index is -0.262. The van der Waals surface area contributed by atoms with E-state index in [0.717, 1.165) is 22.4 Å². The summed E-state index contributed by atoms with van der Waals surface area (Å²) in [7, 11) is 3.21. The van der Waals surface area contributed by atoms with E-state index in [1.54, 1.807) is 32.6 Å². The molecular weight excluding hydrogens is 530 g/mol. The lowest BCUT2D eigenvalue weighted by molar-refractivity contribution is 0.407. The molecule has 0 spiro atoms. The van der Waals surface area contributed by atoms with Gasteiger partial charge in [-0.2, -0.15) is 9.78 Å². The van der Waals surface area contributed by atoms with Crippen LogP contribution in [0.4, 0.5) is 0 Å². The number of rotatable bonds is 6. The molecule has 0 aliphatic rings. The first kappa shape index (κ1) is 24.9. The van der Waals surface area contributed by atoms with Gasteiger partial charge in [-0.15, -0.1) is 0 Å². The highest BCUT2D eigenvalue weighted by Crippen LogP contribution is 2.35. The summed E-state index contributed by atoms with van der Waals surface area (Å²) in [6, 6.07) is 14.8. The average molecular weight is 555 g/mol. The van der Waals surface area contributed by atoms with Crippen molar-refractivity contribution in [2.75, 3.05) is 14.2 Å². The zero-order chi connectivity index (χ0) is 25.3. The first-order chi connectivity index (χ1) is 16.7. The Morgan fingerprint density at radius 2 is 1.86 bits per heavy atom. The third-order valence-corrected chi connectivity index (χ3v) is 6.61. The number of benzene rings is 3. The largest absolute Gasteiger partial charge is 0.496 e. The Labute approximate surface area is 217 Å². The van der Waals surface area contributed by atoms with Crippen molar-refractivity contribution in [2.24, 2.45) is 5.10 Å². The summed E-state index contributed by atoms with van der Waals surface area (Å²) in [5.41, 5.74) is 3.80. The fraction of sp³-hybridized carbons (Fsp3) is 0.222. The molecule has 0 atom stereocenters. The molecule has 8 heteroatoms. The van der Waals surface area contributed by atoms with Crippen LogP contribution in [0.2, 0.25) is 5.02 Å². The van der Waals surface area contributed by atoms with E-state index in [0.29, 0.717) is 37.5 Å². The fourth-order valence-corrected chi connectivity index (χ4v) is 5.00. The van der Waals surface area contributed by atoms with Crippen LogP contribution >= 0.6 is 27.5 Å². The predicted molar refractivity (Wildman–Crippen MR) is 146 cm³/mol. The highest BCUT2D eigenvalue weighted by molar-refractivity contribution is 9.10. The number of methoxy groups -OCH3 is 2. The van der Waals surface area contributed by atoms with Crippen molar-refractivity contribution in [3.8, 4) is 22.9 Å². The summed E-state index contributed by atoms with van der Waals surface area (Å²) in [6.07, 6.45) is 1.58. The number of halogens is 2. The summed E-state index contributed by atoms with van der Waals surface area (Å²) < 4.78 is 12.9. The molecule has 0 saturated heterocycles. The number of hydrogen-bond donors (Lipinski definition) is 0. The Morgan fingerprint density at radius 1 is 1.11 bits per heavy atom. The van der Waals surface area contributed by atoms with Gasteiger partial charge in [-0.3, -0.25) is 4.79 Å². The molecule has 4 aromatic rings. The molecule has 1 aromatic heterocycles. The molecule has 4 rings (SSSR count). The predicted octanol–water partition coefficient (Wildman–Crippen LogP) is 6.81. The molecule has 3 aromatic carbocycles. The van der Waals surface area contributed by atoms with E-state index in [1.165, 1.54) is 4.68 Å². The van der Waals surface area contributed by atoms with E-state index in [1.807, 2.05) is 43.3 Å². The summed E-state index contributed by atoms with van der Waals surface area (Å²) in [6.45, 7) is 6.17. The van der Waals surface area contributed by atoms with Crippen LogP contribution in [0.25, 0.3) is 22.3 Å². The molecule has 0 fully saturated rings. The lowest BCUT2D eigenvalue weighted by atomic mass is 9.96. The first-order valence-electron chi connectivity index (χ1n) is 11.0. The third-order valence-electron chi connectivity index (χ3n) is 5.74. The van der Waals surface area contributed by atoms with Crippen molar-refractivity contribution in [3.63, 3.8) is 0 Å². The molecular formula is C27H25BrClN3O3. The zero-order valence-electron chi connectivity index (χ0n) is 20.1. The maximum Gasteiger partial charge on any atom is 0.282 e. The Morgan fingerprint density at radius 3 is 2.51 bits per heavy atom. The number of aromatic nitrogens is 2. The van der Waals surface area contributed by atoms with Gasteiger partial charge in [0.2, 0.25) is 0 Å². The maximum absolute atomic E-state index is 13.6. The van der Waals surface area contributed by atoms with Gasteiger partial charge in [-0.25, -0.2) is 4.98 Å². The van der Waals surface area contributed by atoms with Gasteiger partial charge >= 0.3 is 0 Å². The van der Waals surface area contributed by atoms with Crippen molar-refractivity contribution in [3.05, 3.63) is 85.1 Å². The van der Waals surface area contributed by atoms with Crippen LogP contribution in [-0.4, -0.2) is 30.1 Å². The normalized spacial score (nSPS) is 11.5. The standard InChI is InChI=1S/C27H25BrClN3O3/c1-15(2)19-13-20(16(3)10-24(19)34-4)26-31-23-9-7-6-8-18(23)27(33)32(26)30-14-17-11-21(28)25(35-5)22(29)12-17/h6-15H,1-5H3. The average Bonchev–Trinajstić information content (AvgIpc) is 2.83. The molecule has 180 valence electrons. The third kappa shape index (κ3) is 4.83. The topological polar surface area (TPSA) is 65.7 Å². The Kier molecular flexibility index (Phi) is 7.28. The van der Waals surface area contributed by atoms with Gasteiger partial charge in [0.1, 0.15) is 5.75 Å². The molecule has 6 nitrogen and oxygen atoms in total. The highest BCUT2D eigenvalue weighted by Gasteiger charge is 2.18. The summed E-state index contributed by atoms with van der Waals surface area (Å²) in [4.78, 5) is 18.4. The SMILES string of the molecule is COc1cc(C)c(-c2nc3ccccc3c(=O)n2N=Cc2cc(Cl)c(OC)c(Br)c2)cc1C(C)C. The van der Waals surface area contributed by atoms with Crippen molar-refractivity contribution < 1.29 is 9.47 Å². The van der Waals surface area contributed by atoms with Crippen molar-refractivity contribution >= 4 is 44.6 Å². The molecule has 35 heavy (non-hydrogen) atoms. The number of aryl methyl sites for hydroxylation is 1. The number of ether oxygens (including phenoxy) is 2. The van der Waals surface area contributed by atoms with Crippen LogP contribution in [0.15, 0.2) is 62.9 Å².